The van der Waals surface area contributed by atoms with Crippen molar-refractivity contribution in [2.45, 2.75) is 25.7 Å². The van der Waals surface area contributed by atoms with Crippen LogP contribution in [0, 0.1) is 11.3 Å². The fraction of sp³-hybridized carbons (Fsp3) is 0.353. The first-order chi connectivity index (χ1) is 10.8. The zero-order valence-corrected chi connectivity index (χ0v) is 12.2. The summed E-state index contributed by atoms with van der Waals surface area (Å²) in [6.07, 6.45) is 7.80. The van der Waals surface area contributed by atoms with Crippen LogP contribution in [0.5, 0.6) is 11.5 Å². The molecule has 1 aromatic carbocycles. The third-order valence-electron chi connectivity index (χ3n) is 4.70. The van der Waals surface area contributed by atoms with Gasteiger partial charge in [-0.3, -0.25) is 10.1 Å². The van der Waals surface area contributed by atoms with Crippen LogP contribution in [0.2, 0.25) is 0 Å². The lowest BCUT2D eigenvalue weighted by molar-refractivity contribution is -0.118. The number of ether oxygens (including phenoxy) is 1. The fourth-order valence-corrected chi connectivity index (χ4v) is 3.16. The average Bonchev–Trinajstić information content (AvgIpc) is 3.27. The molecule has 0 aliphatic heterocycles. The van der Waals surface area contributed by atoms with E-state index in [2.05, 4.69) is 15.3 Å². The summed E-state index contributed by atoms with van der Waals surface area (Å²) in [4.78, 5) is 20.4. The molecule has 0 radical (unpaired) electrons. The first kappa shape index (κ1) is 13.2. The van der Waals surface area contributed by atoms with Gasteiger partial charge in [-0.25, -0.2) is 9.97 Å². The van der Waals surface area contributed by atoms with Gasteiger partial charge in [0.05, 0.1) is 12.4 Å². The van der Waals surface area contributed by atoms with Crippen LogP contribution in [0.25, 0.3) is 0 Å². The van der Waals surface area contributed by atoms with Gasteiger partial charge in [-0.1, -0.05) is 24.6 Å². The largest absolute Gasteiger partial charge is 0.454 e. The van der Waals surface area contributed by atoms with Crippen LogP contribution in [-0.4, -0.2) is 15.9 Å². The molecule has 0 saturated heterocycles. The second-order valence-electron chi connectivity index (χ2n) is 6.12. The second kappa shape index (κ2) is 5.09. The summed E-state index contributed by atoms with van der Waals surface area (Å²) >= 11 is 0. The summed E-state index contributed by atoms with van der Waals surface area (Å²) in [5.41, 5.74) is 0.320. The van der Waals surface area contributed by atoms with Gasteiger partial charge in [0, 0.05) is 5.92 Å². The van der Waals surface area contributed by atoms with Crippen molar-refractivity contribution in [1.29, 1.82) is 0 Å². The number of nitrogens with one attached hydrogen (secondary N) is 1. The highest BCUT2D eigenvalue weighted by Crippen LogP contribution is 2.65. The summed E-state index contributed by atoms with van der Waals surface area (Å²) in [6.45, 7) is 0. The van der Waals surface area contributed by atoms with E-state index in [1.807, 2.05) is 30.3 Å². The van der Waals surface area contributed by atoms with E-state index < -0.39 is 0 Å². The zero-order chi connectivity index (χ0) is 15.0. The summed E-state index contributed by atoms with van der Waals surface area (Å²) < 4.78 is 5.62. The Morgan fingerprint density at radius 3 is 2.45 bits per heavy atom. The van der Waals surface area contributed by atoms with Crippen molar-refractivity contribution in [3.63, 3.8) is 0 Å². The van der Waals surface area contributed by atoms with Crippen molar-refractivity contribution in [3.8, 4) is 11.5 Å². The Bertz CT molecular complexity index is 681. The topological polar surface area (TPSA) is 64.1 Å². The Kier molecular flexibility index (Phi) is 3.06. The molecule has 22 heavy (non-hydrogen) atoms. The number of benzene rings is 1. The standard InChI is InChI=1S/C17H17N3O2/c21-15(14-9-17(14)7-4-8-17)20-16-18-10-13(11-19-16)22-12-5-2-1-3-6-12/h1-3,5-6,10-11,14H,4,7-9H2,(H,18,19,20,21). The molecule has 1 heterocycles. The minimum Gasteiger partial charge on any atom is -0.454 e. The molecule has 2 aromatic rings. The highest BCUT2D eigenvalue weighted by molar-refractivity contribution is 5.93. The Balaban J connectivity index is 1.36. The molecule has 1 N–H and O–H groups in total. The van der Waals surface area contributed by atoms with Crippen LogP contribution in [0.4, 0.5) is 5.95 Å². The minimum absolute atomic E-state index is 0.0522. The van der Waals surface area contributed by atoms with Crippen LogP contribution in [0.3, 0.4) is 0 Å². The lowest BCUT2D eigenvalue weighted by atomic mass is 9.80. The molecule has 5 heteroatoms. The minimum atomic E-state index is 0.0522. The van der Waals surface area contributed by atoms with Gasteiger partial charge >= 0.3 is 0 Å². The molecule has 1 unspecified atom stereocenters. The smallest absolute Gasteiger partial charge is 0.230 e. The first-order valence-corrected chi connectivity index (χ1v) is 7.61. The van der Waals surface area contributed by atoms with E-state index in [-0.39, 0.29) is 11.8 Å². The number of carbonyl (C=O) groups excluding carboxylic acids is 1. The fourth-order valence-electron chi connectivity index (χ4n) is 3.16. The molecule has 1 spiro atoms. The van der Waals surface area contributed by atoms with Gasteiger partial charge in [-0.2, -0.15) is 0 Å². The first-order valence-electron chi connectivity index (χ1n) is 7.61. The number of rotatable bonds is 4. The van der Waals surface area contributed by atoms with Crippen LogP contribution in [0.15, 0.2) is 42.7 Å². The van der Waals surface area contributed by atoms with E-state index in [9.17, 15) is 4.79 Å². The molecule has 2 aliphatic carbocycles. The summed E-state index contributed by atoms with van der Waals surface area (Å²) in [6, 6.07) is 9.45. The normalized spacial score (nSPS) is 21.0. The van der Waals surface area contributed by atoms with Gasteiger partial charge in [-0.05, 0) is 36.8 Å². The maximum Gasteiger partial charge on any atom is 0.230 e. The zero-order valence-electron chi connectivity index (χ0n) is 12.2. The Morgan fingerprint density at radius 2 is 1.86 bits per heavy atom. The van der Waals surface area contributed by atoms with E-state index in [4.69, 9.17) is 4.74 Å². The molecule has 2 saturated carbocycles. The molecule has 1 aromatic heterocycles. The van der Waals surface area contributed by atoms with E-state index in [0.717, 1.165) is 12.2 Å². The number of amides is 1. The Morgan fingerprint density at radius 1 is 1.14 bits per heavy atom. The number of nitrogens with zero attached hydrogens (tertiary/aromatic N) is 2. The van der Waals surface area contributed by atoms with E-state index in [0.29, 0.717) is 17.1 Å². The number of para-hydroxylation sites is 1. The van der Waals surface area contributed by atoms with Gasteiger partial charge < -0.3 is 4.74 Å². The lowest BCUT2D eigenvalue weighted by Gasteiger charge is -2.26. The predicted molar refractivity (Wildman–Crippen MR) is 81.6 cm³/mol. The van der Waals surface area contributed by atoms with Crippen LogP contribution < -0.4 is 10.1 Å². The van der Waals surface area contributed by atoms with Crippen molar-refractivity contribution in [2.75, 3.05) is 5.32 Å². The van der Waals surface area contributed by atoms with Crippen molar-refractivity contribution >= 4 is 11.9 Å². The molecule has 112 valence electrons. The van der Waals surface area contributed by atoms with Crippen molar-refractivity contribution < 1.29 is 9.53 Å². The number of carbonyl (C=O) groups is 1. The predicted octanol–water partition coefficient (Wildman–Crippen LogP) is 3.40. The second-order valence-corrected chi connectivity index (χ2v) is 6.12. The van der Waals surface area contributed by atoms with Gasteiger partial charge in [0.25, 0.3) is 0 Å². The van der Waals surface area contributed by atoms with Crippen LogP contribution >= 0.6 is 0 Å². The maximum atomic E-state index is 12.1. The highest BCUT2D eigenvalue weighted by atomic mass is 16.5. The number of hydrogen-bond donors (Lipinski definition) is 1. The Labute approximate surface area is 128 Å². The molecular formula is C17H17N3O2. The number of anilines is 1. The molecule has 2 fully saturated rings. The SMILES string of the molecule is O=C(Nc1ncc(Oc2ccccc2)cn1)C1CC12CCC2. The van der Waals surface area contributed by atoms with Crippen molar-refractivity contribution in [3.05, 3.63) is 42.7 Å². The van der Waals surface area contributed by atoms with Crippen LogP contribution in [0.1, 0.15) is 25.7 Å². The molecule has 5 nitrogen and oxygen atoms in total. The van der Waals surface area contributed by atoms with Gasteiger partial charge in [-0.15, -0.1) is 0 Å². The number of hydrogen-bond acceptors (Lipinski definition) is 4. The molecule has 1 atom stereocenters. The quantitative estimate of drug-likeness (QED) is 0.939. The molecule has 0 bridgehead atoms. The molecule has 4 rings (SSSR count). The van der Waals surface area contributed by atoms with E-state index in [1.165, 1.54) is 19.3 Å². The average molecular weight is 295 g/mol. The third-order valence-corrected chi connectivity index (χ3v) is 4.70. The monoisotopic (exact) mass is 295 g/mol. The summed E-state index contributed by atoms with van der Waals surface area (Å²) in [7, 11) is 0. The van der Waals surface area contributed by atoms with Gasteiger partial charge in [0.2, 0.25) is 11.9 Å². The van der Waals surface area contributed by atoms with Gasteiger partial charge in [0.1, 0.15) is 5.75 Å². The van der Waals surface area contributed by atoms with E-state index in [1.54, 1.807) is 12.4 Å². The molecule has 1 amide bonds. The molecular weight excluding hydrogens is 278 g/mol. The molecule has 2 aliphatic rings. The Hall–Kier alpha value is -2.43. The van der Waals surface area contributed by atoms with Crippen molar-refractivity contribution in [1.82, 2.24) is 9.97 Å². The summed E-state index contributed by atoms with van der Waals surface area (Å²) in [5, 5.41) is 2.80. The summed E-state index contributed by atoms with van der Waals surface area (Å²) in [5.74, 6) is 1.83. The highest BCUT2D eigenvalue weighted by Gasteiger charge is 2.60. The third kappa shape index (κ3) is 2.43. The van der Waals surface area contributed by atoms with Crippen LogP contribution in [-0.2, 0) is 4.79 Å². The van der Waals surface area contributed by atoms with E-state index >= 15 is 0 Å². The van der Waals surface area contributed by atoms with Gasteiger partial charge in [0.15, 0.2) is 5.75 Å². The van der Waals surface area contributed by atoms with Crippen molar-refractivity contribution in [2.24, 2.45) is 11.3 Å². The maximum absolute atomic E-state index is 12.1. The number of aromatic nitrogens is 2. The lowest BCUT2D eigenvalue weighted by Crippen LogP contribution is -2.23.